The Kier molecular flexibility index (Phi) is 4.62. The molecule has 3 rings (SSSR count). The third-order valence-electron chi connectivity index (χ3n) is 4.77. The number of Topliss-reactive ketones (excluding diaryl/α,β-unsaturated/α-hetero) is 2. The number of hydrogen-bond donors (Lipinski definition) is 0. The number of allylic oxidation sites excluding steroid dienone is 2. The number of ketones is 2. The lowest BCUT2D eigenvalue weighted by atomic mass is 9.85. The highest BCUT2D eigenvalue weighted by Gasteiger charge is 2.35. The summed E-state index contributed by atoms with van der Waals surface area (Å²) in [6.45, 7) is 5.58. The number of benzene rings is 1. The fourth-order valence-corrected chi connectivity index (χ4v) is 3.27. The van der Waals surface area contributed by atoms with Gasteiger partial charge in [-0.1, -0.05) is 25.5 Å². The number of rotatable bonds is 5. The molecule has 1 aliphatic rings. The summed E-state index contributed by atoms with van der Waals surface area (Å²) in [6, 6.07) is 7.68. The summed E-state index contributed by atoms with van der Waals surface area (Å²) in [6.07, 6.45) is 1.98. The maximum Gasteiger partial charge on any atom is 0.225 e. The Balaban J connectivity index is 1.98. The van der Waals surface area contributed by atoms with Gasteiger partial charge >= 0.3 is 0 Å². The van der Waals surface area contributed by atoms with E-state index in [-0.39, 0.29) is 17.3 Å². The maximum absolute atomic E-state index is 12.8. The molecule has 130 valence electrons. The van der Waals surface area contributed by atoms with Gasteiger partial charge in [-0.15, -0.1) is 0 Å². The van der Waals surface area contributed by atoms with Gasteiger partial charge in [-0.25, -0.2) is 0 Å². The van der Waals surface area contributed by atoms with Gasteiger partial charge in [0.15, 0.2) is 11.5 Å². The second kappa shape index (κ2) is 6.71. The van der Waals surface area contributed by atoms with Crippen LogP contribution in [0.3, 0.4) is 0 Å². The molecular formula is C21H22O4. The number of ether oxygens (including phenoxy) is 1. The van der Waals surface area contributed by atoms with Gasteiger partial charge in [-0.3, -0.25) is 9.59 Å². The zero-order valence-electron chi connectivity index (χ0n) is 15.1. The van der Waals surface area contributed by atoms with E-state index in [0.717, 1.165) is 23.3 Å². The fourth-order valence-electron chi connectivity index (χ4n) is 3.27. The molecule has 0 bridgehead atoms. The number of methoxy groups -OCH3 is 1. The first-order valence-corrected chi connectivity index (χ1v) is 8.52. The van der Waals surface area contributed by atoms with E-state index in [1.807, 2.05) is 38.1 Å². The van der Waals surface area contributed by atoms with Crippen molar-refractivity contribution >= 4 is 11.6 Å². The van der Waals surface area contributed by atoms with Crippen LogP contribution in [0.4, 0.5) is 0 Å². The van der Waals surface area contributed by atoms with Crippen LogP contribution in [-0.2, 0) is 6.42 Å². The van der Waals surface area contributed by atoms with Crippen LogP contribution < -0.4 is 4.74 Å². The average molecular weight is 338 g/mol. The van der Waals surface area contributed by atoms with E-state index in [4.69, 9.17) is 9.15 Å². The molecule has 4 nitrogen and oxygen atoms in total. The number of furan rings is 1. The van der Waals surface area contributed by atoms with Crippen LogP contribution in [0.5, 0.6) is 5.75 Å². The van der Waals surface area contributed by atoms with Crippen molar-refractivity contribution in [2.75, 3.05) is 7.11 Å². The molecule has 0 saturated heterocycles. The summed E-state index contributed by atoms with van der Waals surface area (Å²) < 4.78 is 11.0. The Morgan fingerprint density at radius 1 is 1.04 bits per heavy atom. The summed E-state index contributed by atoms with van der Waals surface area (Å²) in [4.78, 5) is 25.5. The Morgan fingerprint density at radius 3 is 2.32 bits per heavy atom. The van der Waals surface area contributed by atoms with Gasteiger partial charge in [0.2, 0.25) is 5.78 Å². The van der Waals surface area contributed by atoms with Crippen LogP contribution >= 0.6 is 0 Å². The predicted molar refractivity (Wildman–Crippen MR) is 95.5 cm³/mol. The highest BCUT2D eigenvalue weighted by Crippen LogP contribution is 2.34. The molecule has 0 atom stereocenters. The van der Waals surface area contributed by atoms with Crippen molar-refractivity contribution in [2.24, 2.45) is 0 Å². The Hall–Kier alpha value is -2.62. The van der Waals surface area contributed by atoms with Crippen molar-refractivity contribution in [3.05, 3.63) is 63.6 Å². The highest BCUT2D eigenvalue weighted by molar-refractivity contribution is 6.26. The zero-order valence-corrected chi connectivity index (χ0v) is 15.1. The molecule has 25 heavy (non-hydrogen) atoms. The lowest BCUT2D eigenvalue weighted by Gasteiger charge is -2.15. The summed E-state index contributed by atoms with van der Waals surface area (Å²) >= 11 is 0. The third-order valence-corrected chi connectivity index (χ3v) is 4.77. The Bertz CT molecular complexity index is 866. The molecule has 0 spiro atoms. The zero-order chi connectivity index (χ0) is 18.1. The van der Waals surface area contributed by atoms with Gasteiger partial charge in [0.1, 0.15) is 11.5 Å². The average Bonchev–Trinajstić information content (AvgIpc) is 2.94. The molecular weight excluding hydrogens is 316 g/mol. The van der Waals surface area contributed by atoms with Gasteiger partial charge in [0, 0.05) is 23.1 Å². The first-order valence-electron chi connectivity index (χ1n) is 8.52. The second-order valence-corrected chi connectivity index (χ2v) is 6.39. The van der Waals surface area contributed by atoms with Crippen LogP contribution in [0.2, 0.25) is 0 Å². The first-order chi connectivity index (χ1) is 12.0. The monoisotopic (exact) mass is 338 g/mol. The summed E-state index contributed by atoms with van der Waals surface area (Å²) in [5, 5.41) is 0. The molecule has 1 heterocycles. The van der Waals surface area contributed by atoms with Crippen molar-refractivity contribution < 1.29 is 18.7 Å². The van der Waals surface area contributed by atoms with E-state index in [9.17, 15) is 9.59 Å². The predicted octanol–water partition coefficient (Wildman–Crippen LogP) is 4.68. The Labute approximate surface area is 147 Å². The minimum atomic E-state index is -0.165. The van der Waals surface area contributed by atoms with Gasteiger partial charge in [-0.05, 0) is 38.0 Å². The highest BCUT2D eigenvalue weighted by atomic mass is 16.5. The van der Waals surface area contributed by atoms with Gasteiger partial charge in [0.05, 0.1) is 12.7 Å². The molecule has 1 aliphatic carbocycles. The van der Waals surface area contributed by atoms with E-state index < -0.39 is 0 Å². The molecule has 0 unspecified atom stereocenters. The van der Waals surface area contributed by atoms with Crippen LogP contribution in [0.15, 0.2) is 39.8 Å². The van der Waals surface area contributed by atoms with Gasteiger partial charge in [0.25, 0.3) is 0 Å². The van der Waals surface area contributed by atoms with E-state index in [2.05, 4.69) is 0 Å². The van der Waals surface area contributed by atoms with Crippen LogP contribution in [0, 0.1) is 6.92 Å². The molecule has 4 heteroatoms. The normalized spacial score (nSPS) is 14.1. The summed E-state index contributed by atoms with van der Waals surface area (Å²) in [7, 11) is 1.63. The van der Waals surface area contributed by atoms with E-state index in [1.54, 1.807) is 14.0 Å². The maximum atomic E-state index is 12.8. The summed E-state index contributed by atoms with van der Waals surface area (Å²) in [5.74, 6) is 1.43. The third kappa shape index (κ3) is 2.93. The molecule has 1 aromatic carbocycles. The van der Waals surface area contributed by atoms with Crippen molar-refractivity contribution in [2.45, 2.75) is 40.0 Å². The van der Waals surface area contributed by atoms with Gasteiger partial charge < -0.3 is 9.15 Å². The summed E-state index contributed by atoms with van der Waals surface area (Å²) in [5.41, 5.74) is 3.39. The molecule has 0 amide bonds. The quantitative estimate of drug-likeness (QED) is 0.794. The van der Waals surface area contributed by atoms with Crippen molar-refractivity contribution in [1.29, 1.82) is 0 Å². The molecule has 1 aromatic heterocycles. The van der Waals surface area contributed by atoms with E-state index in [0.29, 0.717) is 35.3 Å². The van der Waals surface area contributed by atoms with Crippen LogP contribution in [0.1, 0.15) is 64.5 Å². The second-order valence-electron chi connectivity index (χ2n) is 6.39. The lowest BCUT2D eigenvalue weighted by molar-refractivity contribution is 0.0952. The minimum absolute atomic E-state index is 0.0591. The number of carbonyl (C=O) groups is 2. The van der Waals surface area contributed by atoms with Crippen LogP contribution in [-0.4, -0.2) is 18.7 Å². The minimum Gasteiger partial charge on any atom is -0.497 e. The molecule has 0 N–H and O–H groups in total. The molecule has 2 aromatic rings. The number of fused-ring (bicyclic) bond motifs is 1. The largest absolute Gasteiger partial charge is 0.497 e. The van der Waals surface area contributed by atoms with Crippen molar-refractivity contribution in [3.8, 4) is 5.75 Å². The Morgan fingerprint density at radius 2 is 1.72 bits per heavy atom. The van der Waals surface area contributed by atoms with E-state index >= 15 is 0 Å². The first kappa shape index (κ1) is 17.2. The SMILES string of the molecule is CCCC1=C(C)C(=O)c2oc(Cc3ccc(OC)cc3)c(C)c2C1=O. The molecule has 0 aliphatic heterocycles. The smallest absolute Gasteiger partial charge is 0.225 e. The lowest BCUT2D eigenvalue weighted by Crippen LogP contribution is -2.20. The molecule has 0 radical (unpaired) electrons. The standard InChI is InChI=1S/C21H22O4/c1-5-6-16-12(2)19(22)21-18(20(16)23)13(3)17(25-21)11-14-7-9-15(24-4)10-8-14/h7-10H,5-6,11H2,1-4H3. The van der Waals surface area contributed by atoms with Crippen molar-refractivity contribution in [1.82, 2.24) is 0 Å². The topological polar surface area (TPSA) is 56.5 Å². The number of carbonyl (C=O) groups excluding carboxylic acids is 2. The fraction of sp³-hybridized carbons (Fsp3) is 0.333. The molecule has 0 fully saturated rings. The van der Waals surface area contributed by atoms with Gasteiger partial charge in [-0.2, -0.15) is 0 Å². The number of hydrogen-bond acceptors (Lipinski definition) is 4. The van der Waals surface area contributed by atoms with Crippen LogP contribution in [0.25, 0.3) is 0 Å². The van der Waals surface area contributed by atoms with Crippen molar-refractivity contribution in [3.63, 3.8) is 0 Å². The van der Waals surface area contributed by atoms with E-state index in [1.165, 1.54) is 0 Å². The molecule has 0 saturated carbocycles.